The minimum absolute atomic E-state index is 0.304. The second-order valence-electron chi connectivity index (χ2n) is 7.54. The van der Waals surface area contributed by atoms with Gasteiger partial charge in [-0.2, -0.15) is 4.31 Å². The smallest absolute Gasteiger partial charge is 0.337 e. The van der Waals surface area contributed by atoms with Gasteiger partial charge in [0.25, 0.3) is 0 Å². The molecular formula is C23H24N2O4S. The van der Waals surface area contributed by atoms with Crippen molar-refractivity contribution in [3.05, 3.63) is 59.7 Å². The molecule has 1 fully saturated rings. The van der Waals surface area contributed by atoms with Crippen LogP contribution in [0.3, 0.4) is 0 Å². The zero-order valence-electron chi connectivity index (χ0n) is 17.1. The van der Waals surface area contributed by atoms with Crippen LogP contribution in [-0.2, 0) is 14.8 Å². The Morgan fingerprint density at radius 3 is 2.37 bits per heavy atom. The Morgan fingerprint density at radius 2 is 1.70 bits per heavy atom. The van der Waals surface area contributed by atoms with Gasteiger partial charge in [0.05, 0.1) is 28.8 Å². The van der Waals surface area contributed by atoms with Crippen molar-refractivity contribution in [1.29, 1.82) is 0 Å². The fraction of sp³-hybridized carbons (Fsp3) is 0.304. The summed E-state index contributed by atoms with van der Waals surface area (Å²) >= 11 is 0. The topological polar surface area (TPSA) is 76.6 Å². The Morgan fingerprint density at radius 1 is 1.00 bits per heavy atom. The van der Waals surface area contributed by atoms with Crippen LogP contribution in [0.4, 0.5) is 0 Å². The molecule has 30 heavy (non-hydrogen) atoms. The van der Waals surface area contributed by atoms with E-state index in [1.54, 1.807) is 40.7 Å². The number of hydrogen-bond acceptors (Lipinski definition) is 5. The lowest BCUT2D eigenvalue weighted by molar-refractivity contribution is 0.0601. The SMILES string of the molecule is COC(=O)c1ccc2c(C)cc(-c3ccc(S(=O)(=O)N4CCCCC4)cc3)nc2c1. The number of fused-ring (bicyclic) bond motifs is 1. The van der Waals surface area contributed by atoms with Crippen LogP contribution in [0.25, 0.3) is 22.2 Å². The van der Waals surface area contributed by atoms with Crippen molar-refractivity contribution in [3.63, 3.8) is 0 Å². The third-order valence-corrected chi connectivity index (χ3v) is 7.45. The summed E-state index contributed by atoms with van der Waals surface area (Å²) in [5.74, 6) is -0.408. The van der Waals surface area contributed by atoms with E-state index in [1.165, 1.54) is 7.11 Å². The van der Waals surface area contributed by atoms with Crippen LogP contribution >= 0.6 is 0 Å². The van der Waals surface area contributed by atoms with Crippen molar-refractivity contribution in [3.8, 4) is 11.3 Å². The number of esters is 1. The van der Waals surface area contributed by atoms with Crippen LogP contribution in [0.1, 0.15) is 35.2 Å². The molecule has 1 saturated heterocycles. The largest absolute Gasteiger partial charge is 0.465 e. The molecule has 0 radical (unpaired) electrons. The number of carbonyl (C=O) groups excluding carboxylic acids is 1. The summed E-state index contributed by atoms with van der Waals surface area (Å²) in [7, 11) is -2.11. The summed E-state index contributed by atoms with van der Waals surface area (Å²) in [5, 5.41) is 0.954. The Kier molecular flexibility index (Phi) is 5.58. The molecule has 1 aliphatic heterocycles. The van der Waals surface area contributed by atoms with E-state index in [2.05, 4.69) is 0 Å². The molecule has 1 aliphatic rings. The van der Waals surface area contributed by atoms with Crippen molar-refractivity contribution < 1.29 is 17.9 Å². The first-order chi connectivity index (χ1) is 14.4. The molecule has 0 aliphatic carbocycles. The Bertz CT molecular complexity index is 1200. The molecule has 0 spiro atoms. The van der Waals surface area contributed by atoms with Crippen molar-refractivity contribution in [2.45, 2.75) is 31.1 Å². The maximum absolute atomic E-state index is 12.9. The first-order valence-corrected chi connectivity index (χ1v) is 11.4. The number of piperidine rings is 1. The van der Waals surface area contributed by atoms with Gasteiger partial charge >= 0.3 is 5.97 Å². The van der Waals surface area contributed by atoms with E-state index >= 15 is 0 Å². The number of methoxy groups -OCH3 is 1. The van der Waals surface area contributed by atoms with Gasteiger partial charge in [0.1, 0.15) is 0 Å². The van der Waals surface area contributed by atoms with Gasteiger partial charge < -0.3 is 4.74 Å². The average Bonchev–Trinajstić information content (AvgIpc) is 2.78. The summed E-state index contributed by atoms with van der Waals surface area (Å²) in [4.78, 5) is 16.9. The number of sulfonamides is 1. The van der Waals surface area contributed by atoms with E-state index in [-0.39, 0.29) is 0 Å². The highest BCUT2D eigenvalue weighted by Crippen LogP contribution is 2.27. The molecule has 156 valence electrons. The molecule has 0 bridgehead atoms. The average molecular weight is 425 g/mol. The standard InChI is InChI=1S/C23H24N2O4S/c1-16-14-21(24-22-15-18(23(26)29-2)8-11-20(16)22)17-6-9-19(10-7-17)30(27,28)25-12-4-3-5-13-25/h6-11,14-15H,3-5,12-13H2,1-2H3. The third kappa shape index (κ3) is 3.82. The van der Waals surface area contributed by atoms with Gasteiger partial charge in [-0.15, -0.1) is 0 Å². The summed E-state index contributed by atoms with van der Waals surface area (Å²) in [6.45, 7) is 3.15. The van der Waals surface area contributed by atoms with Crippen molar-refractivity contribution in [1.82, 2.24) is 9.29 Å². The van der Waals surface area contributed by atoms with Crippen LogP contribution < -0.4 is 0 Å². The number of benzene rings is 2. The van der Waals surface area contributed by atoms with Gasteiger partial charge in [-0.3, -0.25) is 0 Å². The predicted octanol–water partition coefficient (Wildman–Crippen LogP) is 4.17. The number of nitrogens with zero attached hydrogens (tertiary/aromatic N) is 2. The van der Waals surface area contributed by atoms with Crippen molar-refractivity contribution in [2.24, 2.45) is 0 Å². The number of carbonyl (C=O) groups is 1. The molecule has 0 amide bonds. The number of rotatable bonds is 4. The van der Waals surface area contributed by atoms with E-state index in [0.717, 1.165) is 41.5 Å². The lowest BCUT2D eigenvalue weighted by atomic mass is 10.0. The molecule has 2 aromatic carbocycles. The van der Waals surface area contributed by atoms with E-state index in [1.807, 2.05) is 19.1 Å². The fourth-order valence-electron chi connectivity index (χ4n) is 3.85. The van der Waals surface area contributed by atoms with Crippen LogP contribution in [-0.4, -0.2) is 43.9 Å². The zero-order chi connectivity index (χ0) is 21.3. The van der Waals surface area contributed by atoms with Gasteiger partial charge in [-0.1, -0.05) is 24.6 Å². The van der Waals surface area contributed by atoms with Crippen LogP contribution in [0.15, 0.2) is 53.4 Å². The fourth-order valence-corrected chi connectivity index (χ4v) is 5.36. The highest BCUT2D eigenvalue weighted by molar-refractivity contribution is 7.89. The van der Waals surface area contributed by atoms with Crippen LogP contribution in [0.5, 0.6) is 0 Å². The van der Waals surface area contributed by atoms with Gasteiger partial charge in [-0.25, -0.2) is 18.2 Å². The number of aromatic nitrogens is 1. The minimum Gasteiger partial charge on any atom is -0.465 e. The molecule has 0 atom stereocenters. The zero-order valence-corrected chi connectivity index (χ0v) is 17.9. The molecule has 6 nitrogen and oxygen atoms in total. The highest BCUT2D eigenvalue weighted by atomic mass is 32.2. The van der Waals surface area contributed by atoms with Gasteiger partial charge in [0.2, 0.25) is 10.0 Å². The van der Waals surface area contributed by atoms with Gasteiger partial charge in [0.15, 0.2) is 0 Å². The normalized spacial score (nSPS) is 15.3. The van der Waals surface area contributed by atoms with E-state index in [4.69, 9.17) is 9.72 Å². The molecular weight excluding hydrogens is 400 g/mol. The number of aryl methyl sites for hydroxylation is 1. The third-order valence-electron chi connectivity index (χ3n) is 5.54. The van der Waals surface area contributed by atoms with E-state index in [0.29, 0.717) is 29.1 Å². The summed E-state index contributed by atoms with van der Waals surface area (Å²) in [6.07, 6.45) is 2.89. The van der Waals surface area contributed by atoms with Gasteiger partial charge in [0, 0.05) is 24.0 Å². The lowest BCUT2D eigenvalue weighted by Crippen LogP contribution is -2.35. The first kappa shape index (κ1) is 20.5. The lowest BCUT2D eigenvalue weighted by Gasteiger charge is -2.25. The van der Waals surface area contributed by atoms with Crippen molar-refractivity contribution in [2.75, 3.05) is 20.2 Å². The number of ether oxygens (including phenoxy) is 1. The molecule has 2 heterocycles. The minimum atomic E-state index is -3.46. The van der Waals surface area contributed by atoms with E-state index < -0.39 is 16.0 Å². The Hall–Kier alpha value is -2.77. The number of pyridine rings is 1. The molecule has 7 heteroatoms. The summed E-state index contributed by atoms with van der Waals surface area (Å²) < 4.78 is 32.1. The highest BCUT2D eigenvalue weighted by Gasteiger charge is 2.25. The maximum atomic E-state index is 12.9. The van der Waals surface area contributed by atoms with Crippen molar-refractivity contribution >= 4 is 26.9 Å². The van der Waals surface area contributed by atoms with E-state index in [9.17, 15) is 13.2 Å². The second-order valence-corrected chi connectivity index (χ2v) is 9.47. The summed E-state index contributed by atoms with van der Waals surface area (Å²) in [5.41, 5.74) is 3.70. The Balaban J connectivity index is 1.69. The molecule has 1 aromatic heterocycles. The molecule has 4 rings (SSSR count). The molecule has 0 saturated carbocycles. The molecule has 3 aromatic rings. The van der Waals surface area contributed by atoms with Gasteiger partial charge in [-0.05, 0) is 55.7 Å². The van der Waals surface area contributed by atoms with Crippen LogP contribution in [0, 0.1) is 6.92 Å². The predicted molar refractivity (Wildman–Crippen MR) is 116 cm³/mol. The molecule has 0 N–H and O–H groups in total. The van der Waals surface area contributed by atoms with Crippen LogP contribution in [0.2, 0.25) is 0 Å². The molecule has 0 unspecified atom stereocenters. The number of hydrogen-bond donors (Lipinski definition) is 0. The second kappa shape index (κ2) is 8.16. The quantitative estimate of drug-likeness (QED) is 0.588. The maximum Gasteiger partial charge on any atom is 0.337 e. The first-order valence-electron chi connectivity index (χ1n) is 10.0. The summed E-state index contributed by atoms with van der Waals surface area (Å²) in [6, 6.07) is 14.1. The Labute approximate surface area is 176 Å². The monoisotopic (exact) mass is 424 g/mol.